The molecule has 3 rings (SSSR count). The second kappa shape index (κ2) is 12.1. The first-order valence-corrected chi connectivity index (χ1v) is 12.0. The Balaban J connectivity index is 1.36. The second-order valence-corrected chi connectivity index (χ2v) is 9.64. The third-order valence-electron chi connectivity index (χ3n) is 6.37. The summed E-state index contributed by atoms with van der Waals surface area (Å²) >= 11 is 0. The lowest BCUT2D eigenvalue weighted by Crippen LogP contribution is -2.46. The first-order chi connectivity index (χ1) is 15.0. The summed E-state index contributed by atoms with van der Waals surface area (Å²) in [5.74, 6) is 2.88. The van der Waals surface area contributed by atoms with Crippen LogP contribution < -0.4 is 10.6 Å². The highest BCUT2D eigenvalue weighted by atomic mass is 16.2. The van der Waals surface area contributed by atoms with Crippen LogP contribution in [0, 0.1) is 17.8 Å². The van der Waals surface area contributed by atoms with Crippen molar-refractivity contribution in [1.82, 2.24) is 20.4 Å². The van der Waals surface area contributed by atoms with E-state index in [-0.39, 0.29) is 5.91 Å². The number of benzene rings is 1. The first kappa shape index (κ1) is 23.6. The molecule has 0 bridgehead atoms. The second-order valence-electron chi connectivity index (χ2n) is 9.64. The van der Waals surface area contributed by atoms with E-state index in [4.69, 9.17) is 0 Å². The number of aliphatic imine (C=N–C) groups is 1. The molecule has 31 heavy (non-hydrogen) atoms. The first-order valence-electron chi connectivity index (χ1n) is 12.0. The van der Waals surface area contributed by atoms with Gasteiger partial charge in [0.2, 0.25) is 5.91 Å². The van der Waals surface area contributed by atoms with Crippen molar-refractivity contribution in [1.29, 1.82) is 0 Å². The summed E-state index contributed by atoms with van der Waals surface area (Å²) < 4.78 is 0. The molecule has 172 valence electrons. The van der Waals surface area contributed by atoms with Gasteiger partial charge in [-0.1, -0.05) is 44.2 Å². The molecule has 6 nitrogen and oxygen atoms in total. The van der Waals surface area contributed by atoms with Crippen LogP contribution >= 0.6 is 0 Å². The molecule has 2 saturated heterocycles. The van der Waals surface area contributed by atoms with Crippen molar-refractivity contribution in [3.8, 4) is 0 Å². The smallest absolute Gasteiger partial charge is 0.223 e. The zero-order chi connectivity index (χ0) is 22.1. The molecule has 0 aromatic heterocycles. The number of piperidine rings is 1. The van der Waals surface area contributed by atoms with Crippen molar-refractivity contribution in [2.75, 3.05) is 52.9 Å². The Morgan fingerprint density at radius 2 is 1.87 bits per heavy atom. The Morgan fingerprint density at radius 3 is 2.58 bits per heavy atom. The molecule has 2 fully saturated rings. The van der Waals surface area contributed by atoms with Crippen molar-refractivity contribution in [3.63, 3.8) is 0 Å². The van der Waals surface area contributed by atoms with E-state index in [9.17, 15) is 4.79 Å². The van der Waals surface area contributed by atoms with Gasteiger partial charge in [0.15, 0.2) is 5.96 Å². The highest BCUT2D eigenvalue weighted by Crippen LogP contribution is 2.18. The monoisotopic (exact) mass is 427 g/mol. The van der Waals surface area contributed by atoms with Crippen LogP contribution in [0.25, 0.3) is 0 Å². The molecule has 0 radical (unpaired) electrons. The van der Waals surface area contributed by atoms with Crippen LogP contribution in [0.2, 0.25) is 0 Å². The lowest BCUT2D eigenvalue weighted by atomic mass is 9.97. The average molecular weight is 428 g/mol. The highest BCUT2D eigenvalue weighted by Gasteiger charge is 2.29. The zero-order valence-corrected chi connectivity index (χ0v) is 19.6. The number of carbonyl (C=O) groups excluding carboxylic acids is 1. The Bertz CT molecular complexity index is 705. The number of hydrogen-bond acceptors (Lipinski definition) is 3. The molecule has 2 heterocycles. The largest absolute Gasteiger partial charge is 0.356 e. The van der Waals surface area contributed by atoms with Crippen molar-refractivity contribution < 1.29 is 4.79 Å². The molecular weight excluding hydrogens is 386 g/mol. The van der Waals surface area contributed by atoms with E-state index < -0.39 is 0 Å². The van der Waals surface area contributed by atoms with Gasteiger partial charge in [0.1, 0.15) is 0 Å². The fourth-order valence-corrected chi connectivity index (χ4v) is 4.82. The van der Waals surface area contributed by atoms with Crippen molar-refractivity contribution in [3.05, 3.63) is 35.9 Å². The Labute approximate surface area is 188 Å². The molecule has 1 aromatic rings. The van der Waals surface area contributed by atoms with Crippen molar-refractivity contribution >= 4 is 11.9 Å². The number of rotatable bonds is 9. The molecule has 2 aliphatic heterocycles. The van der Waals surface area contributed by atoms with Gasteiger partial charge >= 0.3 is 0 Å². The van der Waals surface area contributed by atoms with Crippen molar-refractivity contribution in [2.45, 2.75) is 39.5 Å². The van der Waals surface area contributed by atoms with E-state index >= 15 is 0 Å². The number of nitrogens with one attached hydrogen (secondary N) is 2. The molecule has 1 aromatic carbocycles. The molecule has 2 unspecified atom stereocenters. The fourth-order valence-electron chi connectivity index (χ4n) is 4.82. The van der Waals surface area contributed by atoms with Gasteiger partial charge in [-0.2, -0.15) is 0 Å². The lowest BCUT2D eigenvalue weighted by Gasteiger charge is -2.34. The fraction of sp³-hybridized carbons (Fsp3) is 0.680. The average Bonchev–Trinajstić information content (AvgIpc) is 3.12. The molecule has 2 aliphatic rings. The highest BCUT2D eigenvalue weighted by molar-refractivity contribution is 5.80. The molecule has 2 N–H and O–H groups in total. The third kappa shape index (κ3) is 7.84. The SMILES string of the molecule is CN=C(NCC1CCCN(CC(C)C)C1)NCC1CC(=O)N(CCc2ccccc2)C1. The quantitative estimate of drug-likeness (QED) is 0.470. The standard InChI is InChI=1S/C25H41N5O/c1-20(2)17-29-12-7-10-22(18-29)15-27-25(26-3)28-16-23-14-24(31)30(19-23)13-11-21-8-5-4-6-9-21/h4-6,8-9,20,22-23H,7,10-19H2,1-3H3,(H2,26,27,28). The van der Waals surface area contributed by atoms with Crippen LogP contribution in [0.5, 0.6) is 0 Å². The van der Waals surface area contributed by atoms with E-state index in [2.05, 4.69) is 58.6 Å². The number of nitrogens with zero attached hydrogens (tertiary/aromatic N) is 3. The van der Waals surface area contributed by atoms with Gasteiger partial charge in [0.25, 0.3) is 0 Å². The molecule has 0 saturated carbocycles. The molecule has 2 atom stereocenters. The van der Waals surface area contributed by atoms with Gasteiger partial charge in [-0.05, 0) is 43.2 Å². The normalized spacial score (nSPS) is 22.9. The van der Waals surface area contributed by atoms with Crippen molar-refractivity contribution in [2.24, 2.45) is 22.7 Å². The zero-order valence-electron chi connectivity index (χ0n) is 19.6. The van der Waals surface area contributed by atoms with Crippen LogP contribution in [0.15, 0.2) is 35.3 Å². The summed E-state index contributed by atoms with van der Waals surface area (Å²) in [5.41, 5.74) is 1.29. The summed E-state index contributed by atoms with van der Waals surface area (Å²) in [6.07, 6.45) is 4.12. The minimum Gasteiger partial charge on any atom is -0.356 e. The van der Waals surface area contributed by atoms with E-state index in [1.807, 2.05) is 18.0 Å². The van der Waals surface area contributed by atoms with E-state index in [1.165, 1.54) is 38.0 Å². The summed E-state index contributed by atoms with van der Waals surface area (Å²) in [6.45, 7) is 11.6. The molecular formula is C25H41N5O. The van der Waals surface area contributed by atoms with E-state index in [0.29, 0.717) is 18.3 Å². The van der Waals surface area contributed by atoms with E-state index in [1.54, 1.807) is 0 Å². The summed E-state index contributed by atoms with van der Waals surface area (Å²) in [5, 5.41) is 6.98. The minimum atomic E-state index is 0.276. The van der Waals surface area contributed by atoms with Gasteiger partial charge in [0.05, 0.1) is 0 Å². The number of carbonyl (C=O) groups is 1. The number of likely N-dealkylation sites (tertiary alicyclic amines) is 2. The maximum atomic E-state index is 12.4. The molecule has 1 amide bonds. The summed E-state index contributed by atoms with van der Waals surface area (Å²) in [4.78, 5) is 21.4. The Morgan fingerprint density at radius 1 is 1.13 bits per heavy atom. The Kier molecular flexibility index (Phi) is 9.19. The molecule has 0 spiro atoms. The van der Waals surface area contributed by atoms with Gasteiger partial charge in [-0.15, -0.1) is 0 Å². The van der Waals surface area contributed by atoms with Gasteiger partial charge in [-0.25, -0.2) is 0 Å². The third-order valence-corrected chi connectivity index (χ3v) is 6.37. The minimum absolute atomic E-state index is 0.276. The van der Waals surface area contributed by atoms with Gasteiger partial charge < -0.3 is 20.4 Å². The number of hydrogen-bond donors (Lipinski definition) is 2. The predicted molar refractivity (Wildman–Crippen MR) is 128 cm³/mol. The van der Waals surface area contributed by atoms with Crippen LogP contribution in [0.4, 0.5) is 0 Å². The number of guanidine groups is 1. The maximum absolute atomic E-state index is 12.4. The Hall–Kier alpha value is -2.08. The number of amides is 1. The van der Waals surface area contributed by atoms with Crippen LogP contribution in [-0.4, -0.2) is 74.5 Å². The van der Waals surface area contributed by atoms with E-state index in [0.717, 1.165) is 44.5 Å². The van der Waals surface area contributed by atoms with Crippen LogP contribution in [0.1, 0.15) is 38.7 Å². The topological polar surface area (TPSA) is 60.0 Å². The summed E-state index contributed by atoms with van der Waals surface area (Å²) in [6, 6.07) is 10.4. The van der Waals surface area contributed by atoms with Crippen LogP contribution in [0.3, 0.4) is 0 Å². The lowest BCUT2D eigenvalue weighted by molar-refractivity contribution is -0.127. The predicted octanol–water partition coefficient (Wildman–Crippen LogP) is 2.61. The summed E-state index contributed by atoms with van der Waals surface area (Å²) in [7, 11) is 1.83. The maximum Gasteiger partial charge on any atom is 0.223 e. The molecule has 0 aliphatic carbocycles. The van der Waals surface area contributed by atoms with Crippen LogP contribution in [-0.2, 0) is 11.2 Å². The molecule has 6 heteroatoms. The van der Waals surface area contributed by atoms with Gasteiger partial charge in [0, 0.05) is 58.7 Å². The van der Waals surface area contributed by atoms with Gasteiger partial charge in [-0.3, -0.25) is 9.79 Å².